The molecule has 1 fully saturated rings. The number of pyridine rings is 1. The Bertz CT molecular complexity index is 901. The van der Waals surface area contributed by atoms with Crippen LogP contribution in [0.3, 0.4) is 0 Å². The first-order chi connectivity index (χ1) is 12.4. The summed E-state index contributed by atoms with van der Waals surface area (Å²) in [5, 5.41) is 8.29. The summed E-state index contributed by atoms with van der Waals surface area (Å²) in [6, 6.07) is 0.907. The summed E-state index contributed by atoms with van der Waals surface area (Å²) in [5.74, 6) is -4.67. The fraction of sp³-hybridized carbons (Fsp3) is 0.500. The third-order valence-corrected chi connectivity index (χ3v) is 5.54. The minimum atomic E-state index is -4.82. The number of aromatic nitrogens is 2. The van der Waals surface area contributed by atoms with E-state index < -0.39 is 58.3 Å². The SMILES string of the molecule is O=C(O)c1cc2nc(C(F)(F)F)c(CC3CCC(F)(F)CC3)n2c(Cl)c1Cl. The van der Waals surface area contributed by atoms with Crippen LogP contribution >= 0.6 is 23.2 Å². The lowest BCUT2D eigenvalue weighted by Gasteiger charge is -2.28. The molecule has 2 aromatic heterocycles. The van der Waals surface area contributed by atoms with Crippen molar-refractivity contribution in [2.24, 2.45) is 5.92 Å². The van der Waals surface area contributed by atoms with Gasteiger partial charge in [-0.05, 0) is 31.2 Å². The minimum Gasteiger partial charge on any atom is -0.478 e. The maximum atomic E-state index is 13.5. The van der Waals surface area contributed by atoms with Crippen LogP contribution in [-0.4, -0.2) is 26.4 Å². The van der Waals surface area contributed by atoms with Crippen LogP contribution in [0.25, 0.3) is 5.65 Å². The smallest absolute Gasteiger partial charge is 0.435 e. The zero-order valence-electron chi connectivity index (χ0n) is 13.6. The molecule has 0 aliphatic heterocycles. The second-order valence-corrected chi connectivity index (χ2v) is 7.31. The van der Waals surface area contributed by atoms with E-state index in [1.165, 1.54) is 0 Å². The monoisotopic (exact) mass is 430 g/mol. The number of fused-ring (bicyclic) bond motifs is 1. The average molecular weight is 431 g/mol. The first kappa shape index (κ1) is 20.1. The van der Waals surface area contributed by atoms with Crippen molar-refractivity contribution in [3.05, 3.63) is 33.2 Å². The molecule has 1 N–H and O–H groups in total. The Labute approximate surface area is 159 Å². The number of hydrogen-bond acceptors (Lipinski definition) is 2. The van der Waals surface area contributed by atoms with Crippen LogP contribution in [-0.2, 0) is 12.6 Å². The highest BCUT2D eigenvalue weighted by Gasteiger charge is 2.41. The van der Waals surface area contributed by atoms with Gasteiger partial charge in [-0.25, -0.2) is 18.6 Å². The zero-order valence-corrected chi connectivity index (χ0v) is 15.1. The van der Waals surface area contributed by atoms with Crippen LogP contribution in [0.5, 0.6) is 0 Å². The molecular formula is C16H13Cl2F5N2O2. The lowest BCUT2D eigenvalue weighted by Crippen LogP contribution is -2.26. The number of carboxylic acids is 1. The molecule has 0 amide bonds. The molecule has 11 heteroatoms. The van der Waals surface area contributed by atoms with Crippen molar-refractivity contribution in [1.82, 2.24) is 9.38 Å². The van der Waals surface area contributed by atoms with Gasteiger partial charge in [0.2, 0.25) is 5.92 Å². The Balaban J connectivity index is 2.12. The second kappa shape index (κ2) is 6.77. The van der Waals surface area contributed by atoms with Crippen molar-refractivity contribution in [2.75, 3.05) is 0 Å². The van der Waals surface area contributed by atoms with Crippen LogP contribution in [0, 0.1) is 5.92 Å². The third kappa shape index (κ3) is 3.85. The molecule has 0 spiro atoms. The van der Waals surface area contributed by atoms with E-state index >= 15 is 0 Å². The zero-order chi connectivity index (χ0) is 20.1. The highest BCUT2D eigenvalue weighted by Crippen LogP contribution is 2.41. The summed E-state index contributed by atoms with van der Waals surface area (Å²) in [4.78, 5) is 14.7. The Hall–Kier alpha value is -1.61. The summed E-state index contributed by atoms with van der Waals surface area (Å²) >= 11 is 11.9. The molecule has 4 nitrogen and oxygen atoms in total. The van der Waals surface area contributed by atoms with Gasteiger partial charge in [-0.3, -0.25) is 4.40 Å². The van der Waals surface area contributed by atoms with Crippen LogP contribution < -0.4 is 0 Å². The fourth-order valence-corrected chi connectivity index (χ4v) is 3.85. The lowest BCUT2D eigenvalue weighted by molar-refractivity contribution is -0.141. The quantitative estimate of drug-likeness (QED) is 0.499. The highest BCUT2D eigenvalue weighted by atomic mass is 35.5. The summed E-state index contributed by atoms with van der Waals surface area (Å²) in [5.41, 5.74) is -2.32. The van der Waals surface area contributed by atoms with Crippen LogP contribution in [0.2, 0.25) is 10.2 Å². The second-order valence-electron chi connectivity index (χ2n) is 6.57. The maximum absolute atomic E-state index is 13.5. The predicted octanol–water partition coefficient (Wildman–Crippen LogP) is 5.73. The first-order valence-corrected chi connectivity index (χ1v) is 8.74. The Morgan fingerprint density at radius 1 is 1.30 bits per heavy atom. The van der Waals surface area contributed by atoms with Crippen molar-refractivity contribution in [3.8, 4) is 0 Å². The van der Waals surface area contributed by atoms with E-state index in [1.807, 2.05) is 0 Å². The molecule has 0 atom stereocenters. The Kier molecular flexibility index (Phi) is 5.05. The van der Waals surface area contributed by atoms with Gasteiger partial charge < -0.3 is 5.11 Å². The first-order valence-electron chi connectivity index (χ1n) is 7.98. The largest absolute Gasteiger partial charge is 0.478 e. The molecule has 148 valence electrons. The van der Waals surface area contributed by atoms with Crippen molar-refractivity contribution < 1.29 is 31.9 Å². The number of hydrogen-bond donors (Lipinski definition) is 1. The van der Waals surface area contributed by atoms with Gasteiger partial charge in [-0.1, -0.05) is 23.2 Å². The van der Waals surface area contributed by atoms with Gasteiger partial charge in [0.25, 0.3) is 0 Å². The molecule has 0 saturated heterocycles. The Morgan fingerprint density at radius 2 is 1.89 bits per heavy atom. The number of carbonyl (C=O) groups is 1. The number of carboxylic acid groups (broad SMARTS) is 1. The van der Waals surface area contributed by atoms with Crippen molar-refractivity contribution in [1.29, 1.82) is 0 Å². The van der Waals surface area contributed by atoms with Gasteiger partial charge in [0.1, 0.15) is 10.8 Å². The van der Waals surface area contributed by atoms with E-state index in [0.717, 1.165) is 10.5 Å². The average Bonchev–Trinajstić information content (AvgIpc) is 2.91. The summed E-state index contributed by atoms with van der Waals surface area (Å²) in [6.07, 6.45) is -5.65. The number of imidazole rings is 1. The molecule has 1 aliphatic carbocycles. The normalized spacial score (nSPS) is 18.2. The molecule has 0 aromatic carbocycles. The van der Waals surface area contributed by atoms with Crippen molar-refractivity contribution in [3.63, 3.8) is 0 Å². The van der Waals surface area contributed by atoms with Crippen LogP contribution in [0.4, 0.5) is 22.0 Å². The number of rotatable bonds is 3. The van der Waals surface area contributed by atoms with Gasteiger partial charge in [0.05, 0.1) is 16.3 Å². The lowest BCUT2D eigenvalue weighted by atomic mass is 9.83. The Morgan fingerprint density at radius 3 is 2.41 bits per heavy atom. The summed E-state index contributed by atoms with van der Waals surface area (Å²) < 4.78 is 68.0. The summed E-state index contributed by atoms with van der Waals surface area (Å²) in [6.45, 7) is 0. The topological polar surface area (TPSA) is 54.6 Å². The maximum Gasteiger partial charge on any atom is 0.435 e. The van der Waals surface area contributed by atoms with Gasteiger partial charge in [0, 0.05) is 12.8 Å². The fourth-order valence-electron chi connectivity index (χ4n) is 3.34. The molecule has 1 saturated carbocycles. The highest BCUT2D eigenvalue weighted by molar-refractivity contribution is 6.43. The van der Waals surface area contributed by atoms with Crippen LogP contribution in [0.15, 0.2) is 6.07 Å². The summed E-state index contributed by atoms with van der Waals surface area (Å²) in [7, 11) is 0. The van der Waals surface area contributed by atoms with E-state index in [1.54, 1.807) is 0 Å². The molecular weight excluding hydrogens is 418 g/mol. The molecule has 0 radical (unpaired) electrons. The number of alkyl halides is 5. The molecule has 2 heterocycles. The standard InChI is InChI=1S/C16H13Cl2F5N2O2/c17-11-8(14(26)27)6-10-24-12(16(21,22)23)9(25(10)13(11)18)5-7-1-3-15(19,20)4-2-7/h6-7H,1-5H2,(H,26,27). The predicted molar refractivity (Wildman–Crippen MR) is 87.8 cm³/mol. The van der Waals surface area contributed by atoms with E-state index in [4.69, 9.17) is 28.3 Å². The molecule has 2 aromatic rings. The molecule has 3 rings (SSSR count). The van der Waals surface area contributed by atoms with Crippen molar-refractivity contribution >= 4 is 34.8 Å². The molecule has 1 aliphatic rings. The van der Waals surface area contributed by atoms with E-state index in [2.05, 4.69) is 4.98 Å². The van der Waals surface area contributed by atoms with E-state index in [-0.39, 0.29) is 30.6 Å². The van der Waals surface area contributed by atoms with Gasteiger partial charge in [-0.15, -0.1) is 0 Å². The number of nitrogens with zero attached hydrogens (tertiary/aromatic N) is 2. The third-order valence-electron chi connectivity index (χ3n) is 4.70. The van der Waals surface area contributed by atoms with Gasteiger partial charge in [-0.2, -0.15) is 13.2 Å². The number of halogens is 7. The van der Waals surface area contributed by atoms with Crippen LogP contribution in [0.1, 0.15) is 47.4 Å². The minimum absolute atomic E-state index is 0.0656. The molecule has 27 heavy (non-hydrogen) atoms. The van der Waals surface area contributed by atoms with E-state index in [9.17, 15) is 26.7 Å². The molecule has 0 bridgehead atoms. The van der Waals surface area contributed by atoms with Crippen molar-refractivity contribution in [2.45, 2.75) is 44.2 Å². The van der Waals surface area contributed by atoms with Gasteiger partial charge >= 0.3 is 12.1 Å². The van der Waals surface area contributed by atoms with E-state index in [0.29, 0.717) is 0 Å². The van der Waals surface area contributed by atoms with Gasteiger partial charge in [0.15, 0.2) is 5.69 Å². The molecule has 0 unspecified atom stereocenters. The number of aromatic carboxylic acids is 1.